The molecule has 0 spiro atoms. The van der Waals surface area contributed by atoms with Crippen molar-refractivity contribution >= 4 is 5.57 Å². The van der Waals surface area contributed by atoms with Crippen LogP contribution in [-0.4, -0.2) is 20.3 Å². The number of ether oxygens (including phenoxy) is 4. The first-order valence-corrected chi connectivity index (χ1v) is 9.22. The molecule has 0 fully saturated rings. The Bertz CT molecular complexity index is 853. The maximum absolute atomic E-state index is 6.33. The molecule has 4 nitrogen and oxygen atoms in total. The highest BCUT2D eigenvalue weighted by molar-refractivity contribution is 5.81. The first-order valence-electron chi connectivity index (χ1n) is 9.22. The number of fused-ring (bicyclic) bond motifs is 3. The largest absolute Gasteiger partial charge is 0.494 e. The zero-order chi connectivity index (χ0) is 18.1. The van der Waals surface area contributed by atoms with E-state index in [0.29, 0.717) is 13.2 Å². The quantitative estimate of drug-likeness (QED) is 0.765. The molecule has 2 aromatic carbocycles. The van der Waals surface area contributed by atoms with Gasteiger partial charge in [-0.05, 0) is 31.0 Å². The van der Waals surface area contributed by atoms with E-state index in [1.54, 1.807) is 7.11 Å². The monoisotopic (exact) mass is 352 g/mol. The van der Waals surface area contributed by atoms with Gasteiger partial charge < -0.3 is 18.9 Å². The molecule has 0 bridgehead atoms. The van der Waals surface area contributed by atoms with E-state index >= 15 is 0 Å². The standard InChI is InChI=1S/C22H24O4/c1-4-7-14-8-6-9-17-21(14)26-19-13-25-18-12-15(24-5-2)10-11-16(18)20(19)22(17)23-3/h6,8-12,22H,4-5,7,13H2,1-3H3. The minimum Gasteiger partial charge on any atom is -0.494 e. The van der Waals surface area contributed by atoms with Gasteiger partial charge in [-0.25, -0.2) is 0 Å². The van der Waals surface area contributed by atoms with Crippen molar-refractivity contribution in [2.24, 2.45) is 0 Å². The second-order valence-electron chi connectivity index (χ2n) is 6.52. The van der Waals surface area contributed by atoms with Gasteiger partial charge in [0.25, 0.3) is 0 Å². The molecule has 4 rings (SSSR count). The summed E-state index contributed by atoms with van der Waals surface area (Å²) in [6.45, 7) is 5.18. The number of benzene rings is 2. The Balaban J connectivity index is 1.81. The molecule has 0 radical (unpaired) electrons. The average Bonchev–Trinajstić information content (AvgIpc) is 2.67. The maximum Gasteiger partial charge on any atom is 0.148 e. The van der Waals surface area contributed by atoms with Crippen LogP contribution in [0, 0.1) is 0 Å². The van der Waals surface area contributed by atoms with Crippen LogP contribution < -0.4 is 14.2 Å². The normalized spacial score (nSPS) is 17.6. The van der Waals surface area contributed by atoms with Crippen LogP contribution in [0.3, 0.4) is 0 Å². The molecule has 2 aliphatic heterocycles. The Hall–Kier alpha value is -2.46. The molecule has 1 atom stereocenters. The van der Waals surface area contributed by atoms with E-state index < -0.39 is 0 Å². The highest BCUT2D eigenvalue weighted by atomic mass is 16.5. The molecule has 1 unspecified atom stereocenters. The van der Waals surface area contributed by atoms with Crippen molar-refractivity contribution < 1.29 is 18.9 Å². The summed E-state index contributed by atoms with van der Waals surface area (Å²) in [5, 5.41) is 0. The van der Waals surface area contributed by atoms with Crippen LogP contribution in [0.15, 0.2) is 42.2 Å². The zero-order valence-electron chi connectivity index (χ0n) is 15.5. The Morgan fingerprint density at radius 3 is 2.81 bits per heavy atom. The van der Waals surface area contributed by atoms with E-state index in [-0.39, 0.29) is 6.10 Å². The smallest absolute Gasteiger partial charge is 0.148 e. The van der Waals surface area contributed by atoms with Crippen LogP contribution in [0.4, 0.5) is 0 Å². The highest BCUT2D eigenvalue weighted by Gasteiger charge is 2.36. The van der Waals surface area contributed by atoms with E-state index in [1.165, 1.54) is 5.56 Å². The fourth-order valence-electron chi connectivity index (χ4n) is 3.77. The van der Waals surface area contributed by atoms with Crippen LogP contribution >= 0.6 is 0 Å². The van der Waals surface area contributed by atoms with Gasteiger partial charge in [0.15, 0.2) is 0 Å². The van der Waals surface area contributed by atoms with Gasteiger partial charge in [0.1, 0.15) is 35.7 Å². The summed E-state index contributed by atoms with van der Waals surface area (Å²) >= 11 is 0. The van der Waals surface area contributed by atoms with Crippen molar-refractivity contribution in [2.75, 3.05) is 20.3 Å². The van der Waals surface area contributed by atoms with Crippen LogP contribution in [-0.2, 0) is 11.2 Å². The number of hydrogen-bond acceptors (Lipinski definition) is 4. The van der Waals surface area contributed by atoms with Crippen LogP contribution in [0.25, 0.3) is 5.57 Å². The summed E-state index contributed by atoms with van der Waals surface area (Å²) in [6, 6.07) is 12.3. The van der Waals surface area contributed by atoms with Crippen molar-refractivity contribution in [1.29, 1.82) is 0 Å². The molecular weight excluding hydrogens is 328 g/mol. The van der Waals surface area contributed by atoms with Gasteiger partial charge >= 0.3 is 0 Å². The third kappa shape index (κ3) is 2.74. The molecule has 4 heteroatoms. The fourth-order valence-corrected chi connectivity index (χ4v) is 3.77. The molecule has 0 aliphatic carbocycles. The fraction of sp³-hybridized carbons (Fsp3) is 0.364. The van der Waals surface area contributed by atoms with Crippen LogP contribution in [0.1, 0.15) is 43.1 Å². The lowest BCUT2D eigenvalue weighted by molar-refractivity contribution is 0.133. The van der Waals surface area contributed by atoms with Crippen molar-refractivity contribution in [1.82, 2.24) is 0 Å². The Kier molecular flexibility index (Phi) is 4.60. The molecule has 2 heterocycles. The predicted octanol–water partition coefficient (Wildman–Crippen LogP) is 4.92. The van der Waals surface area contributed by atoms with Gasteiger partial charge in [-0.1, -0.05) is 31.5 Å². The first kappa shape index (κ1) is 17.0. The predicted molar refractivity (Wildman–Crippen MR) is 101 cm³/mol. The zero-order valence-corrected chi connectivity index (χ0v) is 15.5. The van der Waals surface area contributed by atoms with Gasteiger partial charge in [0, 0.05) is 29.9 Å². The molecule has 2 aromatic rings. The third-order valence-electron chi connectivity index (χ3n) is 4.87. The summed E-state index contributed by atoms with van der Waals surface area (Å²) < 4.78 is 23.8. The average molecular weight is 352 g/mol. The molecule has 0 N–H and O–H groups in total. The van der Waals surface area contributed by atoms with Gasteiger partial charge in [0.2, 0.25) is 0 Å². The van der Waals surface area contributed by atoms with Gasteiger partial charge in [-0.15, -0.1) is 0 Å². The van der Waals surface area contributed by atoms with Crippen LogP contribution in [0.5, 0.6) is 17.2 Å². The minimum atomic E-state index is -0.161. The van der Waals surface area contributed by atoms with Gasteiger partial charge in [-0.2, -0.15) is 0 Å². The van der Waals surface area contributed by atoms with Crippen molar-refractivity contribution in [3.05, 3.63) is 58.8 Å². The maximum atomic E-state index is 6.33. The van der Waals surface area contributed by atoms with Crippen LogP contribution in [0.2, 0.25) is 0 Å². The molecule has 0 saturated heterocycles. The van der Waals surface area contributed by atoms with Crippen molar-refractivity contribution in [3.63, 3.8) is 0 Å². The Morgan fingerprint density at radius 2 is 2.04 bits per heavy atom. The summed E-state index contributed by atoms with van der Waals surface area (Å²) in [5.41, 5.74) is 4.36. The minimum absolute atomic E-state index is 0.161. The lowest BCUT2D eigenvalue weighted by Gasteiger charge is -2.34. The lowest BCUT2D eigenvalue weighted by Crippen LogP contribution is -2.24. The van der Waals surface area contributed by atoms with E-state index in [4.69, 9.17) is 18.9 Å². The number of methoxy groups -OCH3 is 1. The van der Waals surface area contributed by atoms with Crippen molar-refractivity contribution in [3.8, 4) is 17.2 Å². The first-order chi connectivity index (χ1) is 12.8. The van der Waals surface area contributed by atoms with E-state index in [2.05, 4.69) is 25.1 Å². The topological polar surface area (TPSA) is 36.9 Å². The van der Waals surface area contributed by atoms with E-state index in [1.807, 2.05) is 25.1 Å². The second-order valence-corrected chi connectivity index (χ2v) is 6.52. The molecule has 2 aliphatic rings. The summed E-state index contributed by atoms with van der Waals surface area (Å²) in [7, 11) is 1.75. The number of hydrogen-bond donors (Lipinski definition) is 0. The molecule has 136 valence electrons. The SMILES string of the molecule is CCCc1cccc2c1OC1=C(c3ccc(OCC)cc3OC1)C2OC. The van der Waals surface area contributed by atoms with E-state index in [0.717, 1.165) is 52.5 Å². The lowest BCUT2D eigenvalue weighted by atomic mass is 9.88. The van der Waals surface area contributed by atoms with Gasteiger partial charge in [0.05, 0.1) is 6.61 Å². The molecule has 0 amide bonds. The van der Waals surface area contributed by atoms with E-state index in [9.17, 15) is 0 Å². The Morgan fingerprint density at radius 1 is 1.15 bits per heavy atom. The number of rotatable bonds is 5. The second kappa shape index (κ2) is 7.04. The third-order valence-corrected chi connectivity index (χ3v) is 4.87. The molecule has 0 saturated carbocycles. The summed E-state index contributed by atoms with van der Waals surface area (Å²) in [6.07, 6.45) is 1.89. The van der Waals surface area contributed by atoms with Crippen molar-refractivity contribution in [2.45, 2.75) is 32.8 Å². The summed E-state index contributed by atoms with van der Waals surface area (Å²) in [5.74, 6) is 3.39. The highest BCUT2D eigenvalue weighted by Crippen LogP contribution is 2.50. The molecule has 26 heavy (non-hydrogen) atoms. The molecule has 0 aromatic heterocycles. The number of aryl methyl sites for hydroxylation is 1. The Labute approximate surface area is 154 Å². The summed E-state index contributed by atoms with van der Waals surface area (Å²) in [4.78, 5) is 0. The molecular formula is C22H24O4. The van der Waals surface area contributed by atoms with Gasteiger partial charge in [-0.3, -0.25) is 0 Å². The number of para-hydroxylation sites is 1.